The third-order valence-electron chi connectivity index (χ3n) is 2.68. The maximum atomic E-state index is 12.1. The van der Waals surface area contributed by atoms with Crippen molar-refractivity contribution in [3.05, 3.63) is 22.2 Å². The largest absolute Gasteiger partial charge is 0.497 e. The maximum absolute atomic E-state index is 12.1. The SMILES string of the molecule is COc1cc(Br)c(C(=O)C2CC2)c(OC)c1. The van der Waals surface area contributed by atoms with Crippen LogP contribution in [0.5, 0.6) is 11.5 Å². The fraction of sp³-hybridized carbons (Fsp3) is 0.417. The molecule has 0 spiro atoms. The molecule has 4 heteroatoms. The Bertz CT molecular complexity index is 425. The van der Waals surface area contributed by atoms with Crippen LogP contribution in [0, 0.1) is 5.92 Å². The third-order valence-corrected chi connectivity index (χ3v) is 3.30. The van der Waals surface area contributed by atoms with Crippen LogP contribution >= 0.6 is 15.9 Å². The van der Waals surface area contributed by atoms with Crippen molar-refractivity contribution < 1.29 is 14.3 Å². The monoisotopic (exact) mass is 284 g/mol. The number of methoxy groups -OCH3 is 2. The molecule has 0 radical (unpaired) electrons. The summed E-state index contributed by atoms with van der Waals surface area (Å²) in [5.41, 5.74) is 0.630. The van der Waals surface area contributed by atoms with Gasteiger partial charge in [0.2, 0.25) is 0 Å². The highest BCUT2D eigenvalue weighted by Crippen LogP contribution is 2.39. The quantitative estimate of drug-likeness (QED) is 0.798. The van der Waals surface area contributed by atoms with Crippen LogP contribution in [0.3, 0.4) is 0 Å². The first-order valence-corrected chi connectivity index (χ1v) is 5.92. The Morgan fingerprint density at radius 2 is 2.00 bits per heavy atom. The number of ketones is 1. The summed E-state index contributed by atoms with van der Waals surface area (Å²) in [6.45, 7) is 0. The summed E-state index contributed by atoms with van der Waals surface area (Å²) in [5.74, 6) is 1.59. The Morgan fingerprint density at radius 1 is 1.31 bits per heavy atom. The van der Waals surface area contributed by atoms with E-state index in [1.165, 1.54) is 0 Å². The number of ether oxygens (including phenoxy) is 2. The first-order valence-electron chi connectivity index (χ1n) is 5.13. The van der Waals surface area contributed by atoms with Crippen LogP contribution in [0.4, 0.5) is 0 Å². The molecule has 0 atom stereocenters. The van der Waals surface area contributed by atoms with Gasteiger partial charge in [-0.2, -0.15) is 0 Å². The Kier molecular flexibility index (Phi) is 3.19. The summed E-state index contributed by atoms with van der Waals surface area (Å²) in [7, 11) is 3.15. The lowest BCUT2D eigenvalue weighted by Crippen LogP contribution is -2.05. The van der Waals surface area contributed by atoms with Crippen LogP contribution in [0.2, 0.25) is 0 Å². The number of rotatable bonds is 4. The van der Waals surface area contributed by atoms with Gasteiger partial charge in [-0.15, -0.1) is 0 Å². The smallest absolute Gasteiger partial charge is 0.170 e. The minimum absolute atomic E-state index is 0.159. The second-order valence-electron chi connectivity index (χ2n) is 3.83. The highest BCUT2D eigenvalue weighted by atomic mass is 79.9. The van der Waals surface area contributed by atoms with Crippen molar-refractivity contribution in [2.24, 2.45) is 5.92 Å². The molecule has 0 heterocycles. The van der Waals surface area contributed by atoms with Gasteiger partial charge in [0.15, 0.2) is 5.78 Å². The van der Waals surface area contributed by atoms with Crippen LogP contribution in [-0.2, 0) is 0 Å². The summed E-state index contributed by atoms with van der Waals surface area (Å²) in [6.07, 6.45) is 1.97. The summed E-state index contributed by atoms with van der Waals surface area (Å²) >= 11 is 3.40. The van der Waals surface area contributed by atoms with Gasteiger partial charge in [-0.1, -0.05) is 0 Å². The van der Waals surface area contributed by atoms with E-state index in [1.54, 1.807) is 26.4 Å². The van der Waals surface area contributed by atoms with Crippen molar-refractivity contribution in [3.63, 3.8) is 0 Å². The lowest BCUT2D eigenvalue weighted by atomic mass is 10.1. The van der Waals surface area contributed by atoms with Gasteiger partial charge in [0, 0.05) is 16.5 Å². The summed E-state index contributed by atoms with van der Waals surface area (Å²) in [6, 6.07) is 3.53. The van der Waals surface area contributed by atoms with Gasteiger partial charge >= 0.3 is 0 Å². The Hall–Kier alpha value is -1.03. The van der Waals surface area contributed by atoms with E-state index in [0.717, 1.165) is 17.3 Å². The average Bonchev–Trinajstić information content (AvgIpc) is 3.10. The molecule has 0 N–H and O–H groups in total. The number of halogens is 1. The minimum Gasteiger partial charge on any atom is -0.497 e. The predicted molar refractivity (Wildman–Crippen MR) is 64.3 cm³/mol. The third kappa shape index (κ3) is 2.07. The van der Waals surface area contributed by atoms with Crippen LogP contribution in [0.1, 0.15) is 23.2 Å². The normalized spacial score (nSPS) is 14.7. The van der Waals surface area contributed by atoms with Gasteiger partial charge in [-0.3, -0.25) is 4.79 Å². The molecule has 1 saturated carbocycles. The summed E-state index contributed by atoms with van der Waals surface area (Å²) in [5, 5.41) is 0. The number of hydrogen-bond acceptors (Lipinski definition) is 3. The van der Waals surface area contributed by atoms with E-state index in [0.29, 0.717) is 17.1 Å². The average molecular weight is 285 g/mol. The Labute approximate surface area is 103 Å². The molecule has 0 amide bonds. The van der Waals surface area contributed by atoms with Crippen molar-refractivity contribution in [1.82, 2.24) is 0 Å². The standard InChI is InChI=1S/C12H13BrO3/c1-15-8-5-9(13)11(10(6-8)16-2)12(14)7-3-4-7/h5-7H,3-4H2,1-2H3. The number of benzene rings is 1. The first-order chi connectivity index (χ1) is 7.67. The van der Waals surface area contributed by atoms with E-state index in [1.807, 2.05) is 0 Å². The lowest BCUT2D eigenvalue weighted by Gasteiger charge is -2.11. The molecule has 0 aromatic heterocycles. The molecule has 1 aliphatic carbocycles. The van der Waals surface area contributed by atoms with Crippen LogP contribution in [0.25, 0.3) is 0 Å². The molecule has 0 saturated heterocycles. The van der Waals surface area contributed by atoms with Crippen LogP contribution < -0.4 is 9.47 Å². The minimum atomic E-state index is 0.159. The zero-order valence-electron chi connectivity index (χ0n) is 9.25. The highest BCUT2D eigenvalue weighted by Gasteiger charge is 2.33. The summed E-state index contributed by atoms with van der Waals surface area (Å²) in [4.78, 5) is 12.1. The first kappa shape index (κ1) is 11.5. The molecule has 86 valence electrons. The molecule has 0 bridgehead atoms. The van der Waals surface area contributed by atoms with E-state index in [-0.39, 0.29) is 11.7 Å². The van der Waals surface area contributed by atoms with E-state index in [4.69, 9.17) is 9.47 Å². The van der Waals surface area contributed by atoms with E-state index < -0.39 is 0 Å². The van der Waals surface area contributed by atoms with Gasteiger partial charge in [0.1, 0.15) is 11.5 Å². The summed E-state index contributed by atoms with van der Waals surface area (Å²) < 4.78 is 11.1. The van der Waals surface area contributed by atoms with E-state index in [2.05, 4.69) is 15.9 Å². The molecule has 0 unspecified atom stereocenters. The molecule has 1 fully saturated rings. The van der Waals surface area contributed by atoms with Gasteiger partial charge in [0.05, 0.1) is 19.8 Å². The second-order valence-corrected chi connectivity index (χ2v) is 4.68. The lowest BCUT2D eigenvalue weighted by molar-refractivity contribution is 0.0964. The Balaban J connectivity index is 2.45. The number of carbonyl (C=O) groups is 1. The molecular formula is C12H13BrO3. The van der Waals surface area contributed by atoms with Crippen molar-refractivity contribution >= 4 is 21.7 Å². The van der Waals surface area contributed by atoms with Crippen LogP contribution in [-0.4, -0.2) is 20.0 Å². The highest BCUT2D eigenvalue weighted by molar-refractivity contribution is 9.10. The molecule has 1 aromatic carbocycles. The zero-order chi connectivity index (χ0) is 11.7. The number of Topliss-reactive ketones (excluding diaryl/α,β-unsaturated/α-hetero) is 1. The number of carbonyl (C=O) groups excluding carboxylic acids is 1. The van der Waals surface area contributed by atoms with E-state index in [9.17, 15) is 4.79 Å². The second kappa shape index (κ2) is 4.45. The molecule has 1 aliphatic rings. The molecule has 16 heavy (non-hydrogen) atoms. The maximum Gasteiger partial charge on any atom is 0.170 e. The molecular weight excluding hydrogens is 272 g/mol. The number of hydrogen-bond donors (Lipinski definition) is 0. The molecule has 1 aromatic rings. The molecule has 0 aliphatic heterocycles. The molecule has 2 rings (SSSR count). The Morgan fingerprint density at radius 3 is 2.50 bits per heavy atom. The van der Waals surface area contributed by atoms with Gasteiger partial charge in [-0.05, 0) is 34.8 Å². The van der Waals surface area contributed by atoms with Crippen molar-refractivity contribution in [1.29, 1.82) is 0 Å². The van der Waals surface area contributed by atoms with Gasteiger partial charge in [0.25, 0.3) is 0 Å². The van der Waals surface area contributed by atoms with Crippen molar-refractivity contribution in [2.75, 3.05) is 14.2 Å². The van der Waals surface area contributed by atoms with Gasteiger partial charge in [-0.25, -0.2) is 0 Å². The fourth-order valence-electron chi connectivity index (χ4n) is 1.63. The zero-order valence-corrected chi connectivity index (χ0v) is 10.8. The topological polar surface area (TPSA) is 35.5 Å². The molecule has 3 nitrogen and oxygen atoms in total. The van der Waals surface area contributed by atoms with Crippen molar-refractivity contribution in [3.8, 4) is 11.5 Å². The van der Waals surface area contributed by atoms with Crippen LogP contribution in [0.15, 0.2) is 16.6 Å². The van der Waals surface area contributed by atoms with Gasteiger partial charge < -0.3 is 9.47 Å². The predicted octanol–water partition coefficient (Wildman–Crippen LogP) is 3.06. The van der Waals surface area contributed by atoms with Crippen molar-refractivity contribution in [2.45, 2.75) is 12.8 Å². The van der Waals surface area contributed by atoms with E-state index >= 15 is 0 Å². The fourth-order valence-corrected chi connectivity index (χ4v) is 2.24.